The molecule has 1 aromatic carbocycles. The van der Waals surface area contributed by atoms with Gasteiger partial charge in [0.15, 0.2) is 16.3 Å². The maximum Gasteiger partial charge on any atom is 0.223 e. The predicted octanol–water partition coefficient (Wildman–Crippen LogP) is 0.963. The molecule has 3 aromatic rings. The van der Waals surface area contributed by atoms with E-state index >= 15 is 0 Å². The topological polar surface area (TPSA) is 103 Å². The Balaban J connectivity index is 1.95. The number of rotatable bonds is 1. The lowest BCUT2D eigenvalue weighted by atomic mass is 10.1. The second-order valence-electron chi connectivity index (χ2n) is 4.99. The second kappa shape index (κ2) is 4.37. The van der Waals surface area contributed by atoms with Crippen LogP contribution >= 0.6 is 11.6 Å². The quantitative estimate of drug-likeness (QED) is 0.649. The molecule has 8 heteroatoms. The lowest BCUT2D eigenvalue weighted by Crippen LogP contribution is -2.22. The molecule has 7 nitrogen and oxygen atoms in total. The molecule has 0 unspecified atom stereocenters. The predicted molar refractivity (Wildman–Crippen MR) is 76.8 cm³/mol. The molecule has 106 valence electrons. The van der Waals surface area contributed by atoms with Crippen LogP contribution in [0.3, 0.4) is 0 Å². The summed E-state index contributed by atoms with van der Waals surface area (Å²) >= 11 is 6.01. The van der Waals surface area contributed by atoms with Gasteiger partial charge in [-0.1, -0.05) is 41.1 Å². The molecule has 0 bridgehead atoms. The van der Waals surface area contributed by atoms with Crippen molar-refractivity contribution in [1.29, 1.82) is 0 Å². The van der Waals surface area contributed by atoms with E-state index in [0.717, 1.165) is 11.1 Å². The second-order valence-corrected chi connectivity index (χ2v) is 5.35. The van der Waals surface area contributed by atoms with Crippen molar-refractivity contribution in [2.75, 3.05) is 5.73 Å². The third-order valence-electron chi connectivity index (χ3n) is 3.73. The Morgan fingerprint density at radius 2 is 2.10 bits per heavy atom. The van der Waals surface area contributed by atoms with Gasteiger partial charge in [0.25, 0.3) is 0 Å². The van der Waals surface area contributed by atoms with Crippen molar-refractivity contribution < 1.29 is 5.11 Å². The molecule has 0 fully saturated rings. The minimum atomic E-state index is -0.595. The number of anilines is 1. The van der Waals surface area contributed by atoms with Crippen LogP contribution < -0.4 is 5.73 Å². The van der Waals surface area contributed by atoms with Crippen LogP contribution in [0.4, 0.5) is 5.95 Å². The van der Waals surface area contributed by atoms with Gasteiger partial charge >= 0.3 is 0 Å². The molecular weight excluding hydrogens is 292 g/mol. The van der Waals surface area contributed by atoms with Crippen molar-refractivity contribution in [2.45, 2.75) is 18.6 Å². The van der Waals surface area contributed by atoms with E-state index in [0.29, 0.717) is 17.6 Å². The third-order valence-corrected chi connectivity index (χ3v) is 3.99. The lowest BCUT2D eigenvalue weighted by Gasteiger charge is -2.16. The summed E-state index contributed by atoms with van der Waals surface area (Å²) in [6, 6.07) is 7.49. The van der Waals surface area contributed by atoms with Crippen LogP contribution in [0.5, 0.6) is 0 Å². The first-order chi connectivity index (χ1) is 10.1. The first kappa shape index (κ1) is 12.5. The monoisotopic (exact) mass is 302 g/mol. The minimum Gasteiger partial charge on any atom is -0.390 e. The molecule has 0 radical (unpaired) electrons. The summed E-state index contributed by atoms with van der Waals surface area (Å²) in [5, 5.41) is 18.6. The molecule has 21 heavy (non-hydrogen) atoms. The Bertz CT molecular complexity index is 848. The molecule has 1 aliphatic rings. The van der Waals surface area contributed by atoms with E-state index in [1.807, 2.05) is 24.3 Å². The number of halogens is 1. The molecule has 0 amide bonds. The fraction of sp³-hybridized carbons (Fsp3) is 0.231. The van der Waals surface area contributed by atoms with Crippen LogP contribution in [0.15, 0.2) is 24.3 Å². The fourth-order valence-electron chi connectivity index (χ4n) is 2.85. The summed E-state index contributed by atoms with van der Waals surface area (Å²) < 4.78 is 1.57. The zero-order valence-electron chi connectivity index (χ0n) is 10.8. The number of benzene rings is 1. The Kier molecular flexibility index (Phi) is 2.60. The summed E-state index contributed by atoms with van der Waals surface area (Å²) in [5.74, 6) is 0.0526. The van der Waals surface area contributed by atoms with Gasteiger partial charge in [0, 0.05) is 6.42 Å². The van der Waals surface area contributed by atoms with Crippen LogP contribution in [0, 0.1) is 0 Å². The number of aliphatic hydroxyl groups excluding tert-OH is 1. The van der Waals surface area contributed by atoms with E-state index in [9.17, 15) is 5.11 Å². The Morgan fingerprint density at radius 1 is 1.29 bits per heavy atom. The number of nitrogens with zero attached hydrogens (tertiary/aromatic N) is 5. The van der Waals surface area contributed by atoms with Crippen LogP contribution in [0.1, 0.15) is 17.2 Å². The van der Waals surface area contributed by atoms with Gasteiger partial charge in [-0.25, -0.2) is 4.68 Å². The first-order valence-corrected chi connectivity index (χ1v) is 6.82. The van der Waals surface area contributed by atoms with Crippen molar-refractivity contribution >= 4 is 28.7 Å². The summed E-state index contributed by atoms with van der Waals surface area (Å²) in [6.45, 7) is 0. The van der Waals surface area contributed by atoms with Gasteiger partial charge in [0.1, 0.15) is 6.04 Å². The summed E-state index contributed by atoms with van der Waals surface area (Å²) in [7, 11) is 0. The highest BCUT2D eigenvalue weighted by molar-refractivity contribution is 6.33. The highest BCUT2D eigenvalue weighted by atomic mass is 35.5. The molecule has 1 aliphatic carbocycles. The number of nitrogens with two attached hydrogens (primary N) is 1. The first-order valence-electron chi connectivity index (χ1n) is 6.45. The summed E-state index contributed by atoms with van der Waals surface area (Å²) in [4.78, 5) is 8.02. The molecule has 4 rings (SSSR count). The number of hydrogen-bond donors (Lipinski definition) is 2. The molecule has 0 aliphatic heterocycles. The van der Waals surface area contributed by atoms with Crippen molar-refractivity contribution in [2.24, 2.45) is 0 Å². The summed E-state index contributed by atoms with van der Waals surface area (Å²) in [5.41, 5.74) is 8.54. The maximum atomic E-state index is 10.4. The van der Waals surface area contributed by atoms with Crippen molar-refractivity contribution in [3.8, 4) is 0 Å². The van der Waals surface area contributed by atoms with E-state index in [-0.39, 0.29) is 17.1 Å². The highest BCUT2D eigenvalue weighted by Crippen LogP contribution is 2.35. The Hall–Kier alpha value is -2.25. The average molecular weight is 303 g/mol. The highest BCUT2D eigenvalue weighted by Gasteiger charge is 2.34. The number of nitrogen functional groups attached to an aromatic ring is 1. The molecule has 2 atom stereocenters. The van der Waals surface area contributed by atoms with E-state index in [1.165, 1.54) is 0 Å². The molecule has 0 saturated heterocycles. The number of fused-ring (bicyclic) bond motifs is 2. The van der Waals surface area contributed by atoms with Crippen molar-refractivity contribution in [1.82, 2.24) is 25.0 Å². The molecule has 0 saturated carbocycles. The number of aliphatic hydroxyl groups is 1. The molecule has 2 aromatic heterocycles. The molecule has 0 spiro atoms. The third kappa shape index (κ3) is 1.78. The zero-order valence-corrected chi connectivity index (χ0v) is 11.6. The standard InChI is InChI=1S/C13H11ClN6O/c14-11-9-12(17-13(15)16-11)20(19-18-9)10-7-4-2-1-3-6(7)5-8(10)21/h1-4,8,10,21H,5H2,(H2,15,16,17)/t8-,10+/m1/s1. The van der Waals surface area contributed by atoms with Crippen LogP contribution in [0.25, 0.3) is 11.2 Å². The van der Waals surface area contributed by atoms with E-state index in [4.69, 9.17) is 17.3 Å². The van der Waals surface area contributed by atoms with Gasteiger partial charge < -0.3 is 10.8 Å². The van der Waals surface area contributed by atoms with Crippen LogP contribution in [-0.2, 0) is 6.42 Å². The number of aromatic nitrogens is 5. The van der Waals surface area contributed by atoms with Gasteiger partial charge in [-0.05, 0) is 11.1 Å². The van der Waals surface area contributed by atoms with Gasteiger partial charge in [0.2, 0.25) is 5.95 Å². The molecule has 3 N–H and O–H groups in total. The van der Waals surface area contributed by atoms with Crippen molar-refractivity contribution in [3.05, 3.63) is 40.5 Å². The minimum absolute atomic E-state index is 0.0526. The lowest BCUT2D eigenvalue weighted by molar-refractivity contribution is 0.139. The van der Waals surface area contributed by atoms with E-state index < -0.39 is 6.10 Å². The fourth-order valence-corrected chi connectivity index (χ4v) is 3.06. The van der Waals surface area contributed by atoms with Crippen LogP contribution in [0.2, 0.25) is 5.15 Å². The number of hydrogen-bond acceptors (Lipinski definition) is 6. The van der Waals surface area contributed by atoms with E-state index in [2.05, 4.69) is 20.3 Å². The van der Waals surface area contributed by atoms with Crippen molar-refractivity contribution in [3.63, 3.8) is 0 Å². The zero-order chi connectivity index (χ0) is 14.6. The molecular formula is C13H11ClN6O. The van der Waals surface area contributed by atoms with Crippen LogP contribution in [-0.4, -0.2) is 36.2 Å². The molecule has 2 heterocycles. The van der Waals surface area contributed by atoms with Gasteiger partial charge in [-0.15, -0.1) is 5.10 Å². The maximum absolute atomic E-state index is 10.4. The summed E-state index contributed by atoms with van der Waals surface area (Å²) in [6.07, 6.45) is -0.0292. The average Bonchev–Trinajstić information content (AvgIpc) is 2.98. The van der Waals surface area contributed by atoms with Gasteiger partial charge in [-0.2, -0.15) is 9.97 Å². The van der Waals surface area contributed by atoms with Gasteiger partial charge in [-0.3, -0.25) is 0 Å². The Morgan fingerprint density at radius 3 is 2.95 bits per heavy atom. The smallest absolute Gasteiger partial charge is 0.223 e. The Labute approximate surface area is 124 Å². The SMILES string of the molecule is Nc1nc(Cl)c2nnn([C@H]3c4ccccc4C[C@H]3O)c2n1. The largest absolute Gasteiger partial charge is 0.390 e. The van der Waals surface area contributed by atoms with Gasteiger partial charge in [0.05, 0.1) is 6.10 Å². The normalized spacial score (nSPS) is 20.9. The van der Waals surface area contributed by atoms with E-state index in [1.54, 1.807) is 4.68 Å².